The summed E-state index contributed by atoms with van der Waals surface area (Å²) in [5.41, 5.74) is 5.77. The van der Waals surface area contributed by atoms with Crippen molar-refractivity contribution in [3.05, 3.63) is 60.0 Å². The number of unbranched alkanes of at least 4 members (excludes halogenated alkanes) is 2. The summed E-state index contributed by atoms with van der Waals surface area (Å²) in [6, 6.07) is 0.600. The first-order valence-corrected chi connectivity index (χ1v) is 19.0. The van der Waals surface area contributed by atoms with Crippen molar-refractivity contribution < 1.29 is 0 Å². The van der Waals surface area contributed by atoms with Gasteiger partial charge in [0.15, 0.2) is 0 Å². The van der Waals surface area contributed by atoms with E-state index in [2.05, 4.69) is 138 Å². The highest BCUT2D eigenvalue weighted by atomic mass is 15.1. The Kier molecular flexibility index (Phi) is 37.5. The molecule has 0 amide bonds. The molecule has 1 rings (SSSR count). The standard InChI is InChI=1S/C15H31N.C12H23N.C9H16.C5H10.C2H6/c1-7-9-11-15(10-8-2)14(5)12-16(6)13(3)4;1-5-10-6-7-11(12(2,3)4)13-9-8-10;1-4-6-7-8-9(3)5-2;1-4-5(2)3;1-2/h12-13,15H,7-11H2,1-6H3;7,10,13H,5-6,8-9H2,1-4H3;7-8H,3-6H2,1-2H3;2,4H2,1,3H3;1-2H3/b14-12+;;8-7-;;. The Morgan fingerprint density at radius 2 is 1.53 bits per heavy atom. The molecule has 1 heterocycles. The van der Waals surface area contributed by atoms with Crippen molar-refractivity contribution in [2.45, 2.75) is 187 Å². The predicted molar refractivity (Wildman–Crippen MR) is 213 cm³/mol. The number of allylic oxidation sites excluding steroid dienone is 7. The van der Waals surface area contributed by atoms with Crippen molar-refractivity contribution in [3.63, 3.8) is 0 Å². The maximum absolute atomic E-state index is 3.86. The summed E-state index contributed by atoms with van der Waals surface area (Å²) in [7, 11) is 2.18. The van der Waals surface area contributed by atoms with Gasteiger partial charge in [-0.15, -0.1) is 6.58 Å². The molecular formula is C43H86N2. The smallest absolute Gasteiger partial charge is 0.0224 e. The predicted octanol–water partition coefficient (Wildman–Crippen LogP) is 14.5. The van der Waals surface area contributed by atoms with E-state index in [9.17, 15) is 0 Å². The van der Waals surface area contributed by atoms with Crippen LogP contribution >= 0.6 is 0 Å². The summed E-state index contributed by atoms with van der Waals surface area (Å²) < 4.78 is 0. The highest BCUT2D eigenvalue weighted by Gasteiger charge is 2.19. The molecule has 0 bridgehead atoms. The average molecular weight is 631 g/mol. The van der Waals surface area contributed by atoms with Gasteiger partial charge in [0.2, 0.25) is 0 Å². The second-order valence-electron chi connectivity index (χ2n) is 13.9. The van der Waals surface area contributed by atoms with Crippen LogP contribution in [0.1, 0.15) is 181 Å². The minimum Gasteiger partial charge on any atom is -0.388 e. The molecule has 0 aromatic heterocycles. The molecule has 0 saturated carbocycles. The minimum absolute atomic E-state index is 0.294. The van der Waals surface area contributed by atoms with E-state index in [1.807, 2.05) is 20.8 Å². The molecule has 0 saturated heterocycles. The summed E-state index contributed by atoms with van der Waals surface area (Å²) in [6.45, 7) is 41.6. The summed E-state index contributed by atoms with van der Waals surface area (Å²) in [5, 5.41) is 3.55. The lowest BCUT2D eigenvalue weighted by atomic mass is 9.90. The summed E-state index contributed by atoms with van der Waals surface area (Å²) in [5.74, 6) is 1.69. The van der Waals surface area contributed by atoms with Gasteiger partial charge < -0.3 is 10.2 Å². The number of rotatable bonds is 14. The molecule has 2 unspecified atom stereocenters. The van der Waals surface area contributed by atoms with E-state index in [-0.39, 0.29) is 0 Å². The molecular weight excluding hydrogens is 544 g/mol. The third kappa shape index (κ3) is 33.5. The second kappa shape index (κ2) is 33.7. The van der Waals surface area contributed by atoms with Crippen molar-refractivity contribution in [1.82, 2.24) is 10.2 Å². The molecule has 0 fully saturated rings. The van der Waals surface area contributed by atoms with Gasteiger partial charge in [-0.05, 0) is 90.7 Å². The van der Waals surface area contributed by atoms with Gasteiger partial charge in [0.25, 0.3) is 0 Å². The Balaban J connectivity index is -0.000000260. The van der Waals surface area contributed by atoms with Crippen molar-refractivity contribution in [3.8, 4) is 0 Å². The quantitative estimate of drug-likeness (QED) is 0.152. The molecule has 1 N–H and O–H groups in total. The van der Waals surface area contributed by atoms with Crippen LogP contribution in [0.15, 0.2) is 60.0 Å². The molecule has 268 valence electrons. The molecule has 2 heteroatoms. The van der Waals surface area contributed by atoms with E-state index in [1.165, 1.54) is 81.1 Å². The van der Waals surface area contributed by atoms with Crippen LogP contribution in [0.25, 0.3) is 0 Å². The molecule has 2 nitrogen and oxygen atoms in total. The topological polar surface area (TPSA) is 15.3 Å². The normalized spacial score (nSPS) is 15.3. The lowest BCUT2D eigenvalue weighted by molar-refractivity contribution is 0.364. The van der Waals surface area contributed by atoms with Gasteiger partial charge in [0, 0.05) is 30.7 Å². The van der Waals surface area contributed by atoms with Crippen LogP contribution < -0.4 is 5.32 Å². The van der Waals surface area contributed by atoms with Gasteiger partial charge in [0.1, 0.15) is 0 Å². The van der Waals surface area contributed by atoms with Crippen molar-refractivity contribution in [2.24, 2.45) is 17.3 Å². The SMILES string of the molecule is C=C(/C=C\CCC)CC.C=C(C)CC.CC.CCC1CC=C(C(C)(C)C)NCC1.CCCCC(CCC)/C(C)=C/N(C)C(C)C. The molecule has 0 aromatic rings. The molecule has 2 atom stereocenters. The van der Waals surface area contributed by atoms with Gasteiger partial charge in [-0.2, -0.15) is 0 Å². The minimum atomic E-state index is 0.294. The van der Waals surface area contributed by atoms with Gasteiger partial charge in [-0.25, -0.2) is 0 Å². The molecule has 0 aliphatic carbocycles. The first-order valence-electron chi connectivity index (χ1n) is 19.0. The Bertz CT molecular complexity index is 759. The van der Waals surface area contributed by atoms with E-state index in [4.69, 9.17) is 0 Å². The van der Waals surface area contributed by atoms with Crippen LogP contribution in [0.4, 0.5) is 0 Å². The van der Waals surface area contributed by atoms with Crippen LogP contribution in [0, 0.1) is 17.3 Å². The first-order chi connectivity index (χ1) is 21.1. The average Bonchev–Trinajstić information content (AvgIpc) is 3.27. The zero-order chi connectivity index (χ0) is 35.8. The van der Waals surface area contributed by atoms with Gasteiger partial charge in [-0.3, -0.25) is 0 Å². The van der Waals surface area contributed by atoms with Crippen molar-refractivity contribution >= 4 is 0 Å². The highest BCUT2D eigenvalue weighted by molar-refractivity contribution is 5.13. The fourth-order valence-electron chi connectivity index (χ4n) is 4.34. The largest absolute Gasteiger partial charge is 0.388 e. The highest BCUT2D eigenvalue weighted by Crippen LogP contribution is 2.27. The van der Waals surface area contributed by atoms with Crippen LogP contribution in [-0.2, 0) is 0 Å². The molecule has 1 aliphatic rings. The van der Waals surface area contributed by atoms with Crippen LogP contribution in [0.2, 0.25) is 0 Å². The second-order valence-corrected chi connectivity index (χ2v) is 13.9. The third-order valence-electron chi connectivity index (χ3n) is 8.18. The van der Waals surface area contributed by atoms with Crippen LogP contribution in [-0.4, -0.2) is 24.5 Å². The molecule has 0 radical (unpaired) electrons. The van der Waals surface area contributed by atoms with E-state index in [1.54, 1.807) is 5.57 Å². The maximum atomic E-state index is 3.86. The van der Waals surface area contributed by atoms with Gasteiger partial charge in [0.05, 0.1) is 0 Å². The zero-order valence-electron chi connectivity index (χ0n) is 34.1. The lowest BCUT2D eigenvalue weighted by Gasteiger charge is -2.23. The Labute approximate surface area is 287 Å². The number of hydrogen-bond donors (Lipinski definition) is 1. The molecule has 1 aliphatic heterocycles. The van der Waals surface area contributed by atoms with E-state index in [0.29, 0.717) is 11.5 Å². The molecule has 0 spiro atoms. The van der Waals surface area contributed by atoms with Gasteiger partial charge >= 0.3 is 0 Å². The van der Waals surface area contributed by atoms with Crippen LogP contribution in [0.3, 0.4) is 0 Å². The zero-order valence-corrected chi connectivity index (χ0v) is 34.1. The molecule has 0 aromatic carbocycles. The maximum Gasteiger partial charge on any atom is 0.0224 e. The molecule has 45 heavy (non-hydrogen) atoms. The van der Waals surface area contributed by atoms with Crippen LogP contribution in [0.5, 0.6) is 0 Å². The van der Waals surface area contributed by atoms with Crippen molar-refractivity contribution in [1.29, 1.82) is 0 Å². The lowest BCUT2D eigenvalue weighted by Crippen LogP contribution is -2.24. The Morgan fingerprint density at radius 1 is 0.956 bits per heavy atom. The van der Waals surface area contributed by atoms with E-state index >= 15 is 0 Å². The summed E-state index contributed by atoms with van der Waals surface area (Å²) in [6.07, 6.45) is 24.2. The Morgan fingerprint density at radius 3 is 1.93 bits per heavy atom. The summed E-state index contributed by atoms with van der Waals surface area (Å²) in [4.78, 5) is 2.32. The summed E-state index contributed by atoms with van der Waals surface area (Å²) >= 11 is 0. The van der Waals surface area contributed by atoms with Gasteiger partial charge in [-0.1, -0.05) is 150 Å². The fraction of sp³-hybridized carbons (Fsp3) is 0.767. The van der Waals surface area contributed by atoms with E-state index < -0.39 is 0 Å². The Hall–Kier alpha value is -1.70. The number of nitrogens with one attached hydrogen (secondary N) is 1. The first kappa shape index (κ1) is 50.2. The van der Waals surface area contributed by atoms with E-state index in [0.717, 1.165) is 31.2 Å². The number of nitrogens with zero attached hydrogens (tertiary/aromatic N) is 1. The third-order valence-corrected chi connectivity index (χ3v) is 8.18. The fourth-order valence-corrected chi connectivity index (χ4v) is 4.34. The van der Waals surface area contributed by atoms with Crippen molar-refractivity contribution in [2.75, 3.05) is 13.6 Å². The monoisotopic (exact) mass is 631 g/mol. The number of hydrogen-bond acceptors (Lipinski definition) is 2.